The van der Waals surface area contributed by atoms with E-state index in [4.69, 9.17) is 4.74 Å². The fourth-order valence-corrected chi connectivity index (χ4v) is 2.76. The summed E-state index contributed by atoms with van der Waals surface area (Å²) in [5, 5.41) is 3.00. The average Bonchev–Trinajstić information content (AvgIpc) is 2.62. The Morgan fingerprint density at radius 1 is 1.44 bits per heavy atom. The van der Waals surface area contributed by atoms with E-state index < -0.39 is 10.0 Å². The first kappa shape index (κ1) is 13.9. The molecule has 1 aliphatic heterocycles. The van der Waals surface area contributed by atoms with E-state index in [-0.39, 0.29) is 11.9 Å². The SMILES string of the molecule is CCNCCS(=O)(=O)NCC1CCOC1C. The van der Waals surface area contributed by atoms with Crippen molar-refractivity contribution in [1.29, 1.82) is 0 Å². The monoisotopic (exact) mass is 250 g/mol. The van der Waals surface area contributed by atoms with E-state index in [1.54, 1.807) is 0 Å². The van der Waals surface area contributed by atoms with Crippen LogP contribution in [0, 0.1) is 5.92 Å². The van der Waals surface area contributed by atoms with Gasteiger partial charge in [-0.15, -0.1) is 0 Å². The minimum atomic E-state index is -3.13. The van der Waals surface area contributed by atoms with Gasteiger partial charge in [-0.1, -0.05) is 6.92 Å². The van der Waals surface area contributed by atoms with Gasteiger partial charge in [-0.2, -0.15) is 0 Å². The van der Waals surface area contributed by atoms with Crippen LogP contribution >= 0.6 is 0 Å². The van der Waals surface area contributed by atoms with Crippen molar-refractivity contribution in [2.75, 3.05) is 32.0 Å². The molecule has 0 aromatic carbocycles. The van der Waals surface area contributed by atoms with Gasteiger partial charge >= 0.3 is 0 Å². The number of sulfonamides is 1. The molecule has 1 saturated heterocycles. The van der Waals surface area contributed by atoms with E-state index >= 15 is 0 Å². The van der Waals surface area contributed by atoms with Gasteiger partial charge < -0.3 is 10.1 Å². The van der Waals surface area contributed by atoms with Gasteiger partial charge in [0.05, 0.1) is 11.9 Å². The molecule has 0 aromatic heterocycles. The smallest absolute Gasteiger partial charge is 0.212 e. The van der Waals surface area contributed by atoms with Crippen molar-refractivity contribution in [2.24, 2.45) is 5.92 Å². The van der Waals surface area contributed by atoms with Crippen LogP contribution in [0.4, 0.5) is 0 Å². The van der Waals surface area contributed by atoms with Crippen molar-refractivity contribution < 1.29 is 13.2 Å². The van der Waals surface area contributed by atoms with Crippen molar-refractivity contribution in [3.63, 3.8) is 0 Å². The molecule has 0 aromatic rings. The number of hydrogen-bond donors (Lipinski definition) is 2. The molecule has 6 heteroatoms. The molecule has 96 valence electrons. The highest BCUT2D eigenvalue weighted by Crippen LogP contribution is 2.19. The van der Waals surface area contributed by atoms with Crippen molar-refractivity contribution in [2.45, 2.75) is 26.4 Å². The average molecular weight is 250 g/mol. The van der Waals surface area contributed by atoms with E-state index in [0.29, 0.717) is 19.0 Å². The predicted octanol–water partition coefficient (Wildman–Crippen LogP) is -0.0597. The highest BCUT2D eigenvalue weighted by molar-refractivity contribution is 7.89. The van der Waals surface area contributed by atoms with E-state index in [0.717, 1.165) is 19.6 Å². The minimum Gasteiger partial charge on any atom is -0.378 e. The summed E-state index contributed by atoms with van der Waals surface area (Å²) in [4.78, 5) is 0. The first-order valence-corrected chi connectivity index (χ1v) is 7.50. The zero-order valence-electron chi connectivity index (χ0n) is 10.0. The van der Waals surface area contributed by atoms with Crippen LogP contribution in [-0.4, -0.2) is 46.5 Å². The third kappa shape index (κ3) is 4.78. The standard InChI is InChI=1S/C10H22N2O3S/c1-3-11-5-7-16(13,14)12-8-10-4-6-15-9(10)2/h9-12H,3-8H2,1-2H3. The second kappa shape index (κ2) is 6.54. The molecule has 1 aliphatic rings. The Hall–Kier alpha value is -0.170. The van der Waals surface area contributed by atoms with Crippen LogP contribution in [0.1, 0.15) is 20.3 Å². The number of ether oxygens (including phenoxy) is 1. The number of nitrogens with one attached hydrogen (secondary N) is 2. The van der Waals surface area contributed by atoms with Crippen LogP contribution in [0.15, 0.2) is 0 Å². The molecule has 0 radical (unpaired) electrons. The maximum absolute atomic E-state index is 11.6. The largest absolute Gasteiger partial charge is 0.378 e. The molecule has 0 bridgehead atoms. The van der Waals surface area contributed by atoms with Crippen LogP contribution in [0.2, 0.25) is 0 Å². The summed E-state index contributed by atoms with van der Waals surface area (Å²) in [6, 6.07) is 0. The lowest BCUT2D eigenvalue weighted by atomic mass is 10.0. The summed E-state index contributed by atoms with van der Waals surface area (Å²) in [6.45, 7) is 6.48. The molecule has 0 amide bonds. The topological polar surface area (TPSA) is 67.4 Å². The highest BCUT2D eigenvalue weighted by Gasteiger charge is 2.25. The summed E-state index contributed by atoms with van der Waals surface area (Å²) < 4.78 is 31.2. The molecule has 1 heterocycles. The van der Waals surface area contributed by atoms with E-state index in [2.05, 4.69) is 10.0 Å². The molecule has 0 aliphatic carbocycles. The molecule has 16 heavy (non-hydrogen) atoms. The van der Waals surface area contributed by atoms with Crippen LogP contribution in [0.25, 0.3) is 0 Å². The quantitative estimate of drug-likeness (QED) is 0.621. The Labute approximate surface area is 98.0 Å². The second-order valence-corrected chi connectivity index (χ2v) is 6.07. The van der Waals surface area contributed by atoms with Crippen LogP contribution in [0.3, 0.4) is 0 Å². The van der Waals surface area contributed by atoms with Crippen LogP contribution in [0.5, 0.6) is 0 Å². The summed E-state index contributed by atoms with van der Waals surface area (Å²) in [6.07, 6.45) is 1.10. The summed E-state index contributed by atoms with van der Waals surface area (Å²) in [7, 11) is -3.13. The van der Waals surface area contributed by atoms with Gasteiger partial charge in [0.25, 0.3) is 0 Å². The van der Waals surface area contributed by atoms with Crippen LogP contribution in [-0.2, 0) is 14.8 Å². The Morgan fingerprint density at radius 3 is 2.75 bits per heavy atom. The van der Waals surface area contributed by atoms with E-state index in [1.165, 1.54) is 0 Å². The second-order valence-electron chi connectivity index (χ2n) is 4.15. The van der Waals surface area contributed by atoms with Crippen molar-refractivity contribution >= 4 is 10.0 Å². The maximum Gasteiger partial charge on any atom is 0.212 e. The zero-order chi connectivity index (χ0) is 12.0. The van der Waals surface area contributed by atoms with Gasteiger partial charge in [-0.3, -0.25) is 0 Å². The van der Waals surface area contributed by atoms with Gasteiger partial charge in [0.2, 0.25) is 10.0 Å². The lowest BCUT2D eigenvalue weighted by Crippen LogP contribution is -2.36. The third-order valence-corrected chi connectivity index (χ3v) is 4.24. The minimum absolute atomic E-state index is 0.142. The van der Waals surface area contributed by atoms with Crippen LogP contribution < -0.4 is 10.0 Å². The molecule has 2 N–H and O–H groups in total. The Balaban J connectivity index is 2.24. The van der Waals surface area contributed by atoms with Gasteiger partial charge in [-0.05, 0) is 19.9 Å². The first-order valence-electron chi connectivity index (χ1n) is 5.85. The first-order chi connectivity index (χ1) is 7.55. The number of hydrogen-bond acceptors (Lipinski definition) is 4. The lowest BCUT2D eigenvalue weighted by Gasteiger charge is -2.14. The Bertz CT molecular complexity index is 292. The number of rotatable bonds is 7. The molecule has 1 fully saturated rings. The summed E-state index contributed by atoms with van der Waals surface area (Å²) in [5.41, 5.74) is 0. The molecule has 1 rings (SSSR count). The predicted molar refractivity (Wildman–Crippen MR) is 63.9 cm³/mol. The van der Waals surface area contributed by atoms with Crippen molar-refractivity contribution in [1.82, 2.24) is 10.0 Å². The van der Waals surface area contributed by atoms with Gasteiger partial charge in [-0.25, -0.2) is 13.1 Å². The normalized spacial score (nSPS) is 26.1. The zero-order valence-corrected chi connectivity index (χ0v) is 10.8. The molecular weight excluding hydrogens is 228 g/mol. The third-order valence-electron chi connectivity index (χ3n) is 2.90. The Morgan fingerprint density at radius 2 is 2.19 bits per heavy atom. The molecular formula is C10H22N2O3S. The van der Waals surface area contributed by atoms with E-state index in [1.807, 2.05) is 13.8 Å². The Kier molecular flexibility index (Phi) is 5.68. The van der Waals surface area contributed by atoms with Crippen molar-refractivity contribution in [3.05, 3.63) is 0 Å². The van der Waals surface area contributed by atoms with Gasteiger partial charge in [0.1, 0.15) is 0 Å². The summed E-state index contributed by atoms with van der Waals surface area (Å²) >= 11 is 0. The molecule has 0 saturated carbocycles. The fraction of sp³-hybridized carbons (Fsp3) is 1.00. The lowest BCUT2D eigenvalue weighted by molar-refractivity contribution is 0.107. The van der Waals surface area contributed by atoms with Gasteiger partial charge in [0, 0.05) is 25.6 Å². The van der Waals surface area contributed by atoms with Crippen molar-refractivity contribution in [3.8, 4) is 0 Å². The molecule has 0 spiro atoms. The molecule has 2 atom stereocenters. The highest BCUT2D eigenvalue weighted by atomic mass is 32.2. The van der Waals surface area contributed by atoms with Gasteiger partial charge in [0.15, 0.2) is 0 Å². The molecule has 5 nitrogen and oxygen atoms in total. The molecule has 2 unspecified atom stereocenters. The summed E-state index contributed by atoms with van der Waals surface area (Å²) in [5.74, 6) is 0.455. The maximum atomic E-state index is 11.6. The van der Waals surface area contributed by atoms with E-state index in [9.17, 15) is 8.42 Å². The fourth-order valence-electron chi connectivity index (χ4n) is 1.73.